The lowest BCUT2D eigenvalue weighted by Gasteiger charge is -2.37. The third kappa shape index (κ3) is 4.31. The van der Waals surface area contributed by atoms with Gasteiger partial charge in [-0.3, -0.25) is 0 Å². The van der Waals surface area contributed by atoms with E-state index in [-0.39, 0.29) is 11.4 Å². The summed E-state index contributed by atoms with van der Waals surface area (Å²) in [5, 5.41) is 3.22. The van der Waals surface area contributed by atoms with Crippen molar-refractivity contribution in [2.24, 2.45) is 0 Å². The van der Waals surface area contributed by atoms with E-state index < -0.39 is 0 Å². The van der Waals surface area contributed by atoms with Crippen LogP contribution in [0.2, 0.25) is 0 Å². The van der Waals surface area contributed by atoms with Crippen molar-refractivity contribution >= 4 is 5.82 Å². The van der Waals surface area contributed by atoms with Crippen molar-refractivity contribution in [2.75, 3.05) is 18.0 Å². The standard InChI is InChI=1S/C15H24FN3/c1-6-8-19(15(3,4)5)14-12(10-17-7-2)9-13(16)11-18-14/h6,9,11,17H,1,7-8,10H2,2-5H3. The molecule has 0 saturated heterocycles. The highest BCUT2D eigenvalue weighted by atomic mass is 19.1. The summed E-state index contributed by atoms with van der Waals surface area (Å²) in [6.45, 7) is 14.3. The predicted molar refractivity (Wildman–Crippen MR) is 78.9 cm³/mol. The van der Waals surface area contributed by atoms with Gasteiger partial charge in [-0.15, -0.1) is 6.58 Å². The van der Waals surface area contributed by atoms with Gasteiger partial charge in [-0.05, 0) is 33.4 Å². The molecule has 1 rings (SSSR count). The smallest absolute Gasteiger partial charge is 0.141 e. The second-order valence-electron chi connectivity index (χ2n) is 5.49. The van der Waals surface area contributed by atoms with Gasteiger partial charge in [0.1, 0.15) is 11.6 Å². The number of nitrogens with one attached hydrogen (secondary N) is 1. The molecule has 0 aromatic carbocycles. The zero-order valence-electron chi connectivity index (χ0n) is 12.3. The molecule has 0 unspecified atom stereocenters. The summed E-state index contributed by atoms with van der Waals surface area (Å²) in [5.41, 5.74) is 0.776. The lowest BCUT2D eigenvalue weighted by Crippen LogP contribution is -2.43. The Balaban J connectivity index is 3.17. The molecule has 0 radical (unpaired) electrons. The first-order valence-corrected chi connectivity index (χ1v) is 6.63. The van der Waals surface area contributed by atoms with Crippen LogP contribution < -0.4 is 10.2 Å². The monoisotopic (exact) mass is 265 g/mol. The molecule has 0 aliphatic heterocycles. The Morgan fingerprint density at radius 3 is 2.68 bits per heavy atom. The van der Waals surface area contributed by atoms with E-state index in [2.05, 4.69) is 42.6 Å². The van der Waals surface area contributed by atoms with Gasteiger partial charge in [-0.2, -0.15) is 0 Å². The fourth-order valence-electron chi connectivity index (χ4n) is 1.91. The van der Waals surface area contributed by atoms with E-state index >= 15 is 0 Å². The van der Waals surface area contributed by atoms with Crippen LogP contribution in [0.15, 0.2) is 24.9 Å². The first-order valence-electron chi connectivity index (χ1n) is 6.63. The molecule has 0 aliphatic carbocycles. The van der Waals surface area contributed by atoms with Crippen molar-refractivity contribution < 1.29 is 4.39 Å². The van der Waals surface area contributed by atoms with Gasteiger partial charge in [0.05, 0.1) is 6.20 Å². The van der Waals surface area contributed by atoms with Crippen molar-refractivity contribution in [1.29, 1.82) is 0 Å². The molecular formula is C15H24FN3. The lowest BCUT2D eigenvalue weighted by atomic mass is 10.0. The van der Waals surface area contributed by atoms with E-state index in [1.807, 2.05) is 13.0 Å². The Hall–Kier alpha value is -1.42. The van der Waals surface area contributed by atoms with E-state index in [9.17, 15) is 4.39 Å². The molecule has 3 nitrogen and oxygen atoms in total. The molecule has 1 aromatic heterocycles. The molecule has 1 N–H and O–H groups in total. The number of rotatable bonds is 6. The number of anilines is 1. The summed E-state index contributed by atoms with van der Waals surface area (Å²) in [6, 6.07) is 1.55. The summed E-state index contributed by atoms with van der Waals surface area (Å²) in [6.07, 6.45) is 3.11. The Bertz CT molecular complexity index is 424. The van der Waals surface area contributed by atoms with Gasteiger partial charge in [-0.25, -0.2) is 9.37 Å². The van der Waals surface area contributed by atoms with Gasteiger partial charge in [0.15, 0.2) is 0 Å². The topological polar surface area (TPSA) is 28.2 Å². The largest absolute Gasteiger partial charge is 0.348 e. The molecule has 106 valence electrons. The fourth-order valence-corrected chi connectivity index (χ4v) is 1.91. The van der Waals surface area contributed by atoms with Crippen LogP contribution in [0, 0.1) is 5.82 Å². The third-order valence-electron chi connectivity index (χ3n) is 2.85. The van der Waals surface area contributed by atoms with Crippen molar-refractivity contribution in [1.82, 2.24) is 10.3 Å². The molecule has 0 amide bonds. The van der Waals surface area contributed by atoms with Crippen LogP contribution >= 0.6 is 0 Å². The summed E-state index contributed by atoms with van der Waals surface area (Å²) in [4.78, 5) is 6.41. The number of nitrogens with zero attached hydrogens (tertiary/aromatic N) is 2. The first-order chi connectivity index (χ1) is 8.90. The van der Waals surface area contributed by atoms with E-state index in [1.54, 1.807) is 6.07 Å². The van der Waals surface area contributed by atoms with E-state index in [4.69, 9.17) is 0 Å². The summed E-state index contributed by atoms with van der Waals surface area (Å²) in [7, 11) is 0. The molecule has 0 bridgehead atoms. The van der Waals surface area contributed by atoms with Crippen LogP contribution in [0.5, 0.6) is 0 Å². The average Bonchev–Trinajstić information content (AvgIpc) is 2.33. The van der Waals surface area contributed by atoms with E-state index in [0.717, 1.165) is 17.9 Å². The molecule has 19 heavy (non-hydrogen) atoms. The molecular weight excluding hydrogens is 241 g/mol. The maximum absolute atomic E-state index is 13.4. The molecule has 1 heterocycles. The van der Waals surface area contributed by atoms with Gasteiger partial charge in [-0.1, -0.05) is 13.0 Å². The van der Waals surface area contributed by atoms with E-state index in [0.29, 0.717) is 13.1 Å². The normalized spacial score (nSPS) is 11.4. The SMILES string of the molecule is C=CCN(c1ncc(F)cc1CNCC)C(C)(C)C. The minimum absolute atomic E-state index is 0.0972. The van der Waals surface area contributed by atoms with Crippen molar-refractivity contribution in [3.05, 3.63) is 36.3 Å². The molecule has 0 atom stereocenters. The van der Waals surface area contributed by atoms with Crippen molar-refractivity contribution in [3.63, 3.8) is 0 Å². The van der Waals surface area contributed by atoms with Gasteiger partial charge < -0.3 is 10.2 Å². The fraction of sp³-hybridized carbons (Fsp3) is 0.533. The van der Waals surface area contributed by atoms with E-state index in [1.165, 1.54) is 6.20 Å². The van der Waals surface area contributed by atoms with Crippen LogP contribution in [0.25, 0.3) is 0 Å². The molecule has 4 heteroatoms. The Labute approximate surface area is 115 Å². The summed E-state index contributed by atoms with van der Waals surface area (Å²) < 4.78 is 13.4. The number of pyridine rings is 1. The Morgan fingerprint density at radius 2 is 2.16 bits per heavy atom. The number of hydrogen-bond acceptors (Lipinski definition) is 3. The number of hydrogen-bond donors (Lipinski definition) is 1. The Kier molecular flexibility index (Phi) is 5.48. The lowest BCUT2D eigenvalue weighted by molar-refractivity contribution is 0.512. The van der Waals surface area contributed by atoms with Crippen LogP contribution in [0.4, 0.5) is 10.2 Å². The van der Waals surface area contributed by atoms with Crippen LogP contribution in [0.3, 0.4) is 0 Å². The molecule has 1 aromatic rings. The van der Waals surface area contributed by atoms with Crippen LogP contribution in [-0.2, 0) is 6.54 Å². The van der Waals surface area contributed by atoms with Crippen molar-refractivity contribution in [3.8, 4) is 0 Å². The number of aromatic nitrogens is 1. The zero-order chi connectivity index (χ0) is 14.5. The second-order valence-corrected chi connectivity index (χ2v) is 5.49. The highest BCUT2D eigenvalue weighted by molar-refractivity contribution is 5.49. The maximum atomic E-state index is 13.4. The first kappa shape index (κ1) is 15.6. The molecule has 0 saturated carbocycles. The highest BCUT2D eigenvalue weighted by Crippen LogP contribution is 2.25. The van der Waals surface area contributed by atoms with Crippen LogP contribution in [0.1, 0.15) is 33.3 Å². The van der Waals surface area contributed by atoms with Gasteiger partial charge in [0, 0.05) is 24.2 Å². The minimum atomic E-state index is -0.302. The quantitative estimate of drug-likeness (QED) is 0.801. The maximum Gasteiger partial charge on any atom is 0.141 e. The zero-order valence-corrected chi connectivity index (χ0v) is 12.3. The Morgan fingerprint density at radius 1 is 1.47 bits per heavy atom. The predicted octanol–water partition coefficient (Wildman–Crippen LogP) is 3.12. The van der Waals surface area contributed by atoms with Crippen molar-refractivity contribution in [2.45, 2.75) is 39.8 Å². The highest BCUT2D eigenvalue weighted by Gasteiger charge is 2.24. The van der Waals surface area contributed by atoms with Crippen LogP contribution in [-0.4, -0.2) is 23.6 Å². The number of halogens is 1. The summed E-state index contributed by atoms with van der Waals surface area (Å²) in [5.74, 6) is 0.513. The summed E-state index contributed by atoms with van der Waals surface area (Å²) >= 11 is 0. The van der Waals surface area contributed by atoms with Gasteiger partial charge in [0.2, 0.25) is 0 Å². The van der Waals surface area contributed by atoms with Gasteiger partial charge >= 0.3 is 0 Å². The third-order valence-corrected chi connectivity index (χ3v) is 2.85. The minimum Gasteiger partial charge on any atom is -0.348 e. The average molecular weight is 265 g/mol. The molecule has 0 aliphatic rings. The molecule has 0 fully saturated rings. The van der Waals surface area contributed by atoms with Gasteiger partial charge in [0.25, 0.3) is 0 Å². The second kappa shape index (κ2) is 6.66. The molecule has 0 spiro atoms.